The summed E-state index contributed by atoms with van der Waals surface area (Å²) in [6.07, 6.45) is -2.44. The van der Waals surface area contributed by atoms with Gasteiger partial charge >= 0.3 is 24.1 Å². The fraction of sp³-hybridized carbons (Fsp3) is 0.304. The van der Waals surface area contributed by atoms with Crippen LogP contribution in [0.25, 0.3) is 0 Å². The van der Waals surface area contributed by atoms with Crippen LogP contribution in [0.1, 0.15) is 31.9 Å². The van der Waals surface area contributed by atoms with E-state index in [2.05, 4.69) is 0 Å². The molecule has 0 radical (unpaired) electrons. The number of hydrogen-bond acceptors (Lipinski definition) is 7. The third-order valence-electron chi connectivity index (χ3n) is 3.95. The average molecular weight is 458 g/mol. The van der Waals surface area contributed by atoms with Gasteiger partial charge in [-0.1, -0.05) is 60.7 Å². The number of amides is 2. The first-order chi connectivity index (χ1) is 15.6. The second-order valence-electron chi connectivity index (χ2n) is 7.86. The second kappa shape index (κ2) is 11.5. The molecule has 2 rings (SSSR count). The maximum atomic E-state index is 12.7. The average Bonchev–Trinajstić information content (AvgIpc) is 2.75. The van der Waals surface area contributed by atoms with Crippen LogP contribution in [0.3, 0.4) is 0 Å². The molecule has 176 valence electrons. The summed E-state index contributed by atoms with van der Waals surface area (Å²) in [7, 11) is 0. The van der Waals surface area contributed by atoms with Crippen LogP contribution in [-0.4, -0.2) is 45.9 Å². The zero-order valence-corrected chi connectivity index (χ0v) is 18.5. The highest BCUT2D eigenvalue weighted by atomic mass is 16.6. The Balaban J connectivity index is 2.20. The van der Waals surface area contributed by atoms with Crippen LogP contribution >= 0.6 is 0 Å². The molecule has 0 unspecified atom stereocenters. The van der Waals surface area contributed by atoms with Crippen molar-refractivity contribution in [2.75, 3.05) is 0 Å². The maximum Gasteiger partial charge on any atom is 0.430 e. The third-order valence-corrected chi connectivity index (χ3v) is 3.95. The predicted octanol–water partition coefficient (Wildman–Crippen LogP) is 3.26. The number of hydrogen-bond donors (Lipinski definition) is 2. The zero-order valence-electron chi connectivity index (χ0n) is 18.5. The van der Waals surface area contributed by atoms with Crippen LogP contribution < -0.4 is 5.43 Å². The van der Waals surface area contributed by atoms with E-state index in [1.54, 1.807) is 81.4 Å². The van der Waals surface area contributed by atoms with Crippen molar-refractivity contribution >= 4 is 24.1 Å². The molecule has 0 aliphatic heterocycles. The molecule has 2 N–H and O–H groups in total. The van der Waals surface area contributed by atoms with Gasteiger partial charge < -0.3 is 19.3 Å². The van der Waals surface area contributed by atoms with Crippen LogP contribution in [0, 0.1) is 0 Å². The SMILES string of the molecule is CC(C)(C)OC(=O)NN(C(=O)OCc1ccccc1)[C@@H](C(=O)O)C(=O)OCc1ccccc1. The number of aliphatic carboxylic acids is 1. The lowest BCUT2D eigenvalue weighted by Gasteiger charge is -2.28. The van der Waals surface area contributed by atoms with Crippen LogP contribution in [0.15, 0.2) is 60.7 Å². The molecule has 1 atom stereocenters. The van der Waals surface area contributed by atoms with Crippen molar-refractivity contribution in [1.29, 1.82) is 0 Å². The van der Waals surface area contributed by atoms with Crippen LogP contribution in [0.5, 0.6) is 0 Å². The molecule has 2 aromatic carbocycles. The van der Waals surface area contributed by atoms with Crippen LogP contribution in [0.4, 0.5) is 9.59 Å². The summed E-state index contributed by atoms with van der Waals surface area (Å²) in [5, 5.41) is 9.89. The van der Waals surface area contributed by atoms with E-state index in [4.69, 9.17) is 14.2 Å². The van der Waals surface area contributed by atoms with E-state index < -0.39 is 35.8 Å². The molecule has 0 bridgehead atoms. The van der Waals surface area contributed by atoms with Crippen molar-refractivity contribution in [2.45, 2.75) is 45.6 Å². The number of carboxylic acids is 1. The molecule has 0 heterocycles. The van der Waals surface area contributed by atoms with E-state index >= 15 is 0 Å². The third kappa shape index (κ3) is 8.52. The number of carbonyl (C=O) groups excluding carboxylic acids is 3. The number of carboxylic acid groups (broad SMARTS) is 1. The molecule has 0 aromatic heterocycles. The highest BCUT2D eigenvalue weighted by Gasteiger charge is 2.41. The van der Waals surface area contributed by atoms with Crippen molar-refractivity contribution in [3.8, 4) is 0 Å². The molecule has 10 nitrogen and oxygen atoms in total. The zero-order chi connectivity index (χ0) is 24.4. The number of hydrazine groups is 1. The van der Waals surface area contributed by atoms with Gasteiger partial charge in [0.1, 0.15) is 18.8 Å². The largest absolute Gasteiger partial charge is 0.479 e. The lowest BCUT2D eigenvalue weighted by molar-refractivity contribution is -0.162. The van der Waals surface area contributed by atoms with E-state index in [1.165, 1.54) is 0 Å². The summed E-state index contributed by atoms with van der Waals surface area (Å²) in [6, 6.07) is 14.9. The van der Waals surface area contributed by atoms with Gasteiger partial charge in [-0.2, -0.15) is 5.01 Å². The van der Waals surface area contributed by atoms with Gasteiger partial charge in [0, 0.05) is 0 Å². The molecule has 0 saturated carbocycles. The van der Waals surface area contributed by atoms with E-state index in [9.17, 15) is 24.3 Å². The Kier molecular flexibility index (Phi) is 8.79. The monoisotopic (exact) mass is 458 g/mol. The number of esters is 1. The maximum absolute atomic E-state index is 12.7. The summed E-state index contributed by atoms with van der Waals surface area (Å²) in [5.41, 5.74) is 2.26. The Morgan fingerprint density at radius 2 is 1.36 bits per heavy atom. The van der Waals surface area contributed by atoms with Gasteiger partial charge in [-0.15, -0.1) is 0 Å². The Morgan fingerprint density at radius 1 is 0.879 bits per heavy atom. The number of nitrogens with one attached hydrogen (secondary N) is 1. The molecule has 0 fully saturated rings. The summed E-state index contributed by atoms with van der Waals surface area (Å²) in [6.45, 7) is 4.27. The number of ether oxygens (including phenoxy) is 3. The lowest BCUT2D eigenvalue weighted by Crippen LogP contribution is -2.59. The molecule has 33 heavy (non-hydrogen) atoms. The normalized spacial score (nSPS) is 11.6. The first kappa shape index (κ1) is 25.2. The number of nitrogens with zero attached hydrogens (tertiary/aromatic N) is 1. The van der Waals surface area contributed by atoms with Crippen molar-refractivity contribution in [3.63, 3.8) is 0 Å². The molecule has 2 aromatic rings. The Labute approximate surface area is 191 Å². The lowest BCUT2D eigenvalue weighted by atomic mass is 10.2. The molecular weight excluding hydrogens is 432 g/mol. The van der Waals surface area contributed by atoms with E-state index in [0.717, 1.165) is 0 Å². The van der Waals surface area contributed by atoms with Crippen molar-refractivity contribution in [2.24, 2.45) is 0 Å². The van der Waals surface area contributed by atoms with Crippen molar-refractivity contribution in [3.05, 3.63) is 71.8 Å². The molecule has 2 amide bonds. The second-order valence-corrected chi connectivity index (χ2v) is 7.86. The number of carbonyl (C=O) groups is 4. The van der Waals surface area contributed by atoms with E-state index in [-0.39, 0.29) is 18.2 Å². The minimum absolute atomic E-state index is 0.225. The summed E-state index contributed by atoms with van der Waals surface area (Å²) in [5.74, 6) is -3.01. The minimum atomic E-state index is -2.22. The van der Waals surface area contributed by atoms with Crippen molar-refractivity contribution in [1.82, 2.24) is 10.4 Å². The molecule has 0 aliphatic rings. The topological polar surface area (TPSA) is 131 Å². The molecule has 0 aliphatic carbocycles. The van der Waals surface area contributed by atoms with E-state index in [1.807, 2.05) is 5.43 Å². The smallest absolute Gasteiger partial charge is 0.430 e. The Morgan fingerprint density at radius 3 is 1.82 bits per heavy atom. The predicted molar refractivity (Wildman–Crippen MR) is 115 cm³/mol. The Bertz CT molecular complexity index is 957. The molecule has 10 heteroatoms. The van der Waals surface area contributed by atoms with Gasteiger partial charge in [-0.05, 0) is 31.9 Å². The van der Waals surface area contributed by atoms with E-state index in [0.29, 0.717) is 11.1 Å². The van der Waals surface area contributed by atoms with Gasteiger partial charge in [0.25, 0.3) is 6.04 Å². The summed E-state index contributed by atoms with van der Waals surface area (Å²) in [4.78, 5) is 49.5. The molecular formula is C23H26N2O8. The molecule has 0 spiro atoms. The van der Waals surface area contributed by atoms with Crippen LogP contribution in [0.2, 0.25) is 0 Å². The minimum Gasteiger partial charge on any atom is -0.479 e. The van der Waals surface area contributed by atoms with Gasteiger partial charge in [-0.3, -0.25) is 0 Å². The van der Waals surface area contributed by atoms with Crippen LogP contribution in [-0.2, 0) is 37.0 Å². The first-order valence-corrected chi connectivity index (χ1v) is 10.00. The number of rotatable bonds is 7. The fourth-order valence-electron chi connectivity index (χ4n) is 2.53. The quantitative estimate of drug-likeness (QED) is 0.280. The Hall–Kier alpha value is -4.08. The van der Waals surface area contributed by atoms with Gasteiger partial charge in [0.05, 0.1) is 0 Å². The standard InChI is InChI=1S/C23H26N2O8/c1-23(2,3)33-21(29)24-25(22(30)32-15-17-12-8-5-9-13-17)18(19(26)27)20(28)31-14-16-10-6-4-7-11-16/h4-13,18H,14-15H2,1-3H3,(H,24,29)(H,26,27)/t18-/m0/s1. The first-order valence-electron chi connectivity index (χ1n) is 10.00. The van der Waals surface area contributed by atoms with Crippen molar-refractivity contribution < 1.29 is 38.5 Å². The summed E-state index contributed by atoms with van der Waals surface area (Å²) >= 11 is 0. The van der Waals surface area contributed by atoms with Gasteiger partial charge in [0.15, 0.2) is 0 Å². The number of benzene rings is 2. The highest BCUT2D eigenvalue weighted by molar-refractivity contribution is 6.01. The highest BCUT2D eigenvalue weighted by Crippen LogP contribution is 2.11. The molecule has 0 saturated heterocycles. The summed E-state index contributed by atoms with van der Waals surface area (Å²) < 4.78 is 15.3. The fourth-order valence-corrected chi connectivity index (χ4v) is 2.53. The van der Waals surface area contributed by atoms with Gasteiger partial charge in [-0.25, -0.2) is 24.6 Å². The van der Waals surface area contributed by atoms with Gasteiger partial charge in [0.2, 0.25) is 0 Å².